The van der Waals surface area contributed by atoms with E-state index in [0.717, 1.165) is 29.6 Å². The van der Waals surface area contributed by atoms with Crippen LogP contribution in [-0.2, 0) is 15.9 Å². The van der Waals surface area contributed by atoms with Gasteiger partial charge in [-0.05, 0) is 66.7 Å². The molecule has 32 heavy (non-hydrogen) atoms. The molecule has 6 atom stereocenters. The van der Waals surface area contributed by atoms with Gasteiger partial charge in [0.05, 0.1) is 24.4 Å². The van der Waals surface area contributed by atoms with Crippen LogP contribution in [0.15, 0.2) is 46.2 Å². The van der Waals surface area contributed by atoms with Gasteiger partial charge in [-0.2, -0.15) is 0 Å². The van der Waals surface area contributed by atoms with Crippen LogP contribution < -0.4 is 0 Å². The van der Waals surface area contributed by atoms with Crippen LogP contribution in [0.5, 0.6) is 0 Å². The molecule has 0 amide bonds. The van der Waals surface area contributed by atoms with E-state index in [2.05, 4.69) is 24.3 Å². The Morgan fingerprint density at radius 3 is 2.44 bits per heavy atom. The van der Waals surface area contributed by atoms with E-state index < -0.39 is 37.1 Å². The molecule has 1 saturated carbocycles. The SMILES string of the molecule is OCC1OC(C2CC(Cc3ccc(C4CC4)cc3)=C(Cl)C3=C2CCCO3)C(O)C(O)C1O. The Kier molecular flexibility index (Phi) is 6.36. The zero-order chi connectivity index (χ0) is 22.4. The Morgan fingerprint density at radius 1 is 1.00 bits per heavy atom. The Balaban J connectivity index is 1.43. The maximum absolute atomic E-state index is 10.8. The molecule has 6 nitrogen and oxygen atoms in total. The van der Waals surface area contributed by atoms with Gasteiger partial charge in [-0.3, -0.25) is 0 Å². The first-order chi connectivity index (χ1) is 15.5. The molecule has 2 fully saturated rings. The maximum atomic E-state index is 10.8. The van der Waals surface area contributed by atoms with E-state index in [0.29, 0.717) is 36.2 Å². The summed E-state index contributed by atoms with van der Waals surface area (Å²) in [7, 11) is 0. The normalized spacial score (nSPS) is 35.5. The molecule has 6 unspecified atom stereocenters. The smallest absolute Gasteiger partial charge is 0.137 e. The number of rotatable bonds is 5. The van der Waals surface area contributed by atoms with E-state index in [4.69, 9.17) is 21.1 Å². The van der Waals surface area contributed by atoms with Crippen LogP contribution in [0.2, 0.25) is 0 Å². The van der Waals surface area contributed by atoms with Crippen LogP contribution in [-0.4, -0.2) is 64.2 Å². The van der Waals surface area contributed by atoms with Gasteiger partial charge in [-0.1, -0.05) is 35.9 Å². The molecule has 4 N–H and O–H groups in total. The highest BCUT2D eigenvalue weighted by Crippen LogP contribution is 2.46. The quantitative estimate of drug-likeness (QED) is 0.536. The highest BCUT2D eigenvalue weighted by atomic mass is 35.5. The molecule has 1 aromatic carbocycles. The second-order valence-electron chi connectivity index (χ2n) is 9.52. The average molecular weight is 463 g/mol. The predicted molar refractivity (Wildman–Crippen MR) is 119 cm³/mol. The third-order valence-corrected chi connectivity index (χ3v) is 7.76. The molecular weight excluding hydrogens is 432 g/mol. The first kappa shape index (κ1) is 22.4. The third kappa shape index (κ3) is 4.13. The number of aliphatic hydroxyl groups is 4. The fourth-order valence-corrected chi connectivity index (χ4v) is 5.66. The second kappa shape index (κ2) is 9.09. The summed E-state index contributed by atoms with van der Waals surface area (Å²) in [5.41, 5.74) is 4.54. The van der Waals surface area contributed by atoms with E-state index in [1.807, 2.05) is 0 Å². The van der Waals surface area contributed by atoms with Gasteiger partial charge in [0.15, 0.2) is 0 Å². The van der Waals surface area contributed by atoms with Crippen molar-refractivity contribution in [1.29, 1.82) is 0 Å². The highest BCUT2D eigenvalue weighted by Gasteiger charge is 2.49. The molecule has 1 saturated heterocycles. The summed E-state index contributed by atoms with van der Waals surface area (Å²) < 4.78 is 11.9. The zero-order valence-electron chi connectivity index (χ0n) is 18.0. The largest absolute Gasteiger partial charge is 0.492 e. The van der Waals surface area contributed by atoms with Crippen molar-refractivity contribution >= 4 is 11.6 Å². The Bertz CT molecular complexity index is 904. The average Bonchev–Trinajstić information content (AvgIpc) is 3.66. The van der Waals surface area contributed by atoms with Crippen LogP contribution in [0.1, 0.15) is 49.1 Å². The van der Waals surface area contributed by atoms with Crippen molar-refractivity contribution in [1.82, 2.24) is 0 Å². The number of hydrogen-bond donors (Lipinski definition) is 4. The van der Waals surface area contributed by atoms with E-state index in [-0.39, 0.29) is 5.92 Å². The van der Waals surface area contributed by atoms with Gasteiger partial charge in [-0.15, -0.1) is 0 Å². The Labute approximate surface area is 193 Å². The van der Waals surface area contributed by atoms with Crippen LogP contribution >= 0.6 is 11.6 Å². The van der Waals surface area contributed by atoms with Crippen molar-refractivity contribution in [2.24, 2.45) is 5.92 Å². The van der Waals surface area contributed by atoms with Crippen LogP contribution in [0.4, 0.5) is 0 Å². The van der Waals surface area contributed by atoms with Gasteiger partial charge in [-0.25, -0.2) is 0 Å². The first-order valence-corrected chi connectivity index (χ1v) is 12.0. The topological polar surface area (TPSA) is 99.4 Å². The van der Waals surface area contributed by atoms with Gasteiger partial charge in [0, 0.05) is 5.92 Å². The van der Waals surface area contributed by atoms with E-state index in [9.17, 15) is 20.4 Å². The minimum Gasteiger partial charge on any atom is -0.492 e. The van der Waals surface area contributed by atoms with Gasteiger partial charge in [0.2, 0.25) is 0 Å². The number of halogens is 1. The van der Waals surface area contributed by atoms with E-state index in [1.165, 1.54) is 18.4 Å². The minimum absolute atomic E-state index is 0.250. The molecule has 1 aromatic rings. The number of ether oxygens (including phenoxy) is 2. The molecular formula is C25H31ClO6. The van der Waals surface area contributed by atoms with E-state index in [1.54, 1.807) is 0 Å². The molecule has 2 heterocycles. The molecule has 5 rings (SSSR count). The van der Waals surface area contributed by atoms with Crippen LogP contribution in [0.25, 0.3) is 0 Å². The lowest BCUT2D eigenvalue weighted by Crippen LogP contribution is -2.60. The summed E-state index contributed by atoms with van der Waals surface area (Å²) >= 11 is 6.81. The van der Waals surface area contributed by atoms with Gasteiger partial charge >= 0.3 is 0 Å². The highest BCUT2D eigenvalue weighted by molar-refractivity contribution is 6.32. The number of benzene rings is 1. The Morgan fingerprint density at radius 2 is 1.75 bits per heavy atom. The molecule has 4 aliphatic rings. The summed E-state index contributed by atoms with van der Waals surface area (Å²) in [4.78, 5) is 0. The molecule has 2 aliphatic heterocycles. The zero-order valence-corrected chi connectivity index (χ0v) is 18.7. The summed E-state index contributed by atoms with van der Waals surface area (Å²) in [6.07, 6.45) is -0.342. The molecule has 7 heteroatoms. The van der Waals surface area contributed by atoms with Gasteiger partial charge < -0.3 is 29.9 Å². The summed E-state index contributed by atoms with van der Waals surface area (Å²) in [6, 6.07) is 8.70. The lowest BCUT2D eigenvalue weighted by molar-refractivity contribution is -0.238. The molecule has 0 spiro atoms. The van der Waals surface area contributed by atoms with Crippen molar-refractivity contribution in [2.75, 3.05) is 13.2 Å². The van der Waals surface area contributed by atoms with Crippen LogP contribution in [0, 0.1) is 5.92 Å². The van der Waals surface area contributed by atoms with Crippen LogP contribution in [0.3, 0.4) is 0 Å². The van der Waals surface area contributed by atoms with Crippen molar-refractivity contribution in [3.8, 4) is 0 Å². The number of allylic oxidation sites excluding steroid dienone is 2. The monoisotopic (exact) mass is 462 g/mol. The number of aliphatic hydroxyl groups excluding tert-OH is 4. The third-order valence-electron chi connectivity index (χ3n) is 7.32. The molecule has 174 valence electrons. The maximum Gasteiger partial charge on any atom is 0.137 e. The van der Waals surface area contributed by atoms with Gasteiger partial charge in [0.25, 0.3) is 0 Å². The fourth-order valence-electron chi connectivity index (χ4n) is 5.34. The van der Waals surface area contributed by atoms with Crippen molar-refractivity contribution < 1.29 is 29.9 Å². The molecule has 0 aromatic heterocycles. The lowest BCUT2D eigenvalue weighted by Gasteiger charge is -2.45. The van der Waals surface area contributed by atoms with Crippen molar-refractivity contribution in [2.45, 2.75) is 75.0 Å². The lowest BCUT2D eigenvalue weighted by atomic mass is 9.74. The summed E-state index contributed by atoms with van der Waals surface area (Å²) in [5, 5.41) is 41.6. The molecule has 2 aliphatic carbocycles. The second-order valence-corrected chi connectivity index (χ2v) is 9.90. The standard InChI is InChI=1S/C25H31ClO6/c26-20-16(10-13-3-5-14(6-4-13)15-7-8-15)11-18(17-2-1-9-31-24(17)20)25-23(30)22(29)21(28)19(12-27)32-25/h3-6,15,18-19,21-23,25,27-30H,1-2,7-12H2. The van der Waals surface area contributed by atoms with Crippen molar-refractivity contribution in [3.63, 3.8) is 0 Å². The minimum atomic E-state index is -1.39. The molecule has 0 bridgehead atoms. The van der Waals surface area contributed by atoms with Crippen molar-refractivity contribution in [3.05, 3.63) is 57.3 Å². The number of hydrogen-bond acceptors (Lipinski definition) is 6. The first-order valence-electron chi connectivity index (χ1n) is 11.6. The summed E-state index contributed by atoms with van der Waals surface area (Å²) in [6.45, 7) is 0.146. The summed E-state index contributed by atoms with van der Waals surface area (Å²) in [5.74, 6) is 1.12. The fraction of sp³-hybridized carbons (Fsp3) is 0.600. The molecule has 0 radical (unpaired) electrons. The van der Waals surface area contributed by atoms with Gasteiger partial charge in [0.1, 0.15) is 30.2 Å². The van der Waals surface area contributed by atoms with E-state index >= 15 is 0 Å². The predicted octanol–water partition coefficient (Wildman–Crippen LogP) is 2.53. The Hall–Kier alpha value is -1.41.